The summed E-state index contributed by atoms with van der Waals surface area (Å²) in [5.41, 5.74) is 0.949. The molecule has 1 aromatic carbocycles. The van der Waals surface area contributed by atoms with Gasteiger partial charge in [0.25, 0.3) is 5.91 Å². The highest BCUT2D eigenvalue weighted by Crippen LogP contribution is 2.39. The number of rotatable bonds is 5. The van der Waals surface area contributed by atoms with Gasteiger partial charge in [-0.3, -0.25) is 4.79 Å². The summed E-state index contributed by atoms with van der Waals surface area (Å²) in [5.74, 6) is 1.41. The highest BCUT2D eigenvalue weighted by Gasteiger charge is 2.38. The molecule has 7 heteroatoms. The lowest BCUT2D eigenvalue weighted by molar-refractivity contribution is 0.0607. The molecule has 1 amide bonds. The summed E-state index contributed by atoms with van der Waals surface area (Å²) in [6.07, 6.45) is 3.34. The number of hydrogen-bond acceptors (Lipinski definition) is 4. The third-order valence-electron chi connectivity index (χ3n) is 5.48. The van der Waals surface area contributed by atoms with Gasteiger partial charge in [0, 0.05) is 25.2 Å². The van der Waals surface area contributed by atoms with Gasteiger partial charge in [-0.25, -0.2) is 0 Å². The van der Waals surface area contributed by atoms with Crippen LogP contribution in [0.25, 0.3) is 0 Å². The third kappa shape index (κ3) is 5.01. The van der Waals surface area contributed by atoms with Crippen LogP contribution in [0.5, 0.6) is 11.5 Å². The van der Waals surface area contributed by atoms with E-state index in [-0.39, 0.29) is 18.3 Å². The molecule has 0 aliphatic carbocycles. The SMILES string of the molecule is COc1cc(C(=O)N2CCC3(CCNC3)CC2)cc(Cl)c1OCC(C)C.Cl. The Hall–Kier alpha value is -1.17. The van der Waals surface area contributed by atoms with E-state index in [2.05, 4.69) is 19.2 Å². The van der Waals surface area contributed by atoms with Gasteiger partial charge in [-0.15, -0.1) is 12.4 Å². The van der Waals surface area contributed by atoms with Crippen molar-refractivity contribution in [3.63, 3.8) is 0 Å². The monoisotopic (exact) mass is 416 g/mol. The molecule has 3 rings (SSSR count). The summed E-state index contributed by atoms with van der Waals surface area (Å²) < 4.78 is 11.2. The Morgan fingerprint density at radius 1 is 1.30 bits per heavy atom. The van der Waals surface area contributed by atoms with E-state index < -0.39 is 0 Å². The lowest BCUT2D eigenvalue weighted by atomic mass is 9.78. The first kappa shape index (κ1) is 22.1. The maximum absolute atomic E-state index is 13.0. The zero-order valence-corrected chi connectivity index (χ0v) is 17.9. The van der Waals surface area contributed by atoms with Crippen LogP contribution in [0.1, 0.15) is 43.5 Å². The van der Waals surface area contributed by atoms with E-state index in [0.717, 1.165) is 39.0 Å². The number of nitrogens with zero attached hydrogens (tertiary/aromatic N) is 1. The van der Waals surface area contributed by atoms with Crippen molar-refractivity contribution < 1.29 is 14.3 Å². The molecule has 2 heterocycles. The van der Waals surface area contributed by atoms with Crippen molar-refractivity contribution in [2.75, 3.05) is 39.9 Å². The molecule has 0 saturated carbocycles. The number of amides is 1. The Kier molecular flexibility index (Phi) is 7.66. The van der Waals surface area contributed by atoms with Gasteiger partial charge >= 0.3 is 0 Å². The molecule has 2 fully saturated rings. The molecule has 5 nitrogen and oxygen atoms in total. The number of ether oxygens (including phenoxy) is 2. The molecule has 152 valence electrons. The molecule has 1 aromatic rings. The summed E-state index contributed by atoms with van der Waals surface area (Å²) in [6, 6.07) is 3.44. The molecule has 2 saturated heterocycles. The Balaban J connectivity index is 0.00000261. The van der Waals surface area contributed by atoms with E-state index in [0.29, 0.717) is 40.0 Å². The first-order valence-electron chi connectivity index (χ1n) is 9.44. The number of benzene rings is 1. The van der Waals surface area contributed by atoms with Crippen LogP contribution in [-0.2, 0) is 0 Å². The summed E-state index contributed by atoms with van der Waals surface area (Å²) in [7, 11) is 1.57. The number of nitrogens with one attached hydrogen (secondary N) is 1. The van der Waals surface area contributed by atoms with Crippen LogP contribution in [0.4, 0.5) is 0 Å². The molecular formula is C20H30Cl2N2O3. The predicted octanol–water partition coefficient (Wildman–Crippen LogP) is 4.02. The number of halogens is 2. The number of methoxy groups -OCH3 is 1. The Labute approximate surface area is 173 Å². The van der Waals surface area contributed by atoms with Crippen molar-refractivity contribution in [1.82, 2.24) is 10.2 Å². The van der Waals surface area contributed by atoms with E-state index in [9.17, 15) is 4.79 Å². The zero-order chi connectivity index (χ0) is 18.7. The molecule has 0 radical (unpaired) electrons. The van der Waals surface area contributed by atoms with Crippen molar-refractivity contribution in [2.45, 2.75) is 33.1 Å². The van der Waals surface area contributed by atoms with E-state index >= 15 is 0 Å². The van der Waals surface area contributed by atoms with Gasteiger partial charge in [0.1, 0.15) is 0 Å². The number of carbonyl (C=O) groups excluding carboxylic acids is 1. The van der Waals surface area contributed by atoms with Crippen LogP contribution < -0.4 is 14.8 Å². The van der Waals surface area contributed by atoms with Gasteiger partial charge in [0.05, 0.1) is 18.7 Å². The maximum Gasteiger partial charge on any atom is 0.254 e. The van der Waals surface area contributed by atoms with E-state index in [1.807, 2.05) is 4.90 Å². The quantitative estimate of drug-likeness (QED) is 0.786. The van der Waals surface area contributed by atoms with E-state index in [4.69, 9.17) is 21.1 Å². The third-order valence-corrected chi connectivity index (χ3v) is 5.76. The van der Waals surface area contributed by atoms with Gasteiger partial charge in [0.15, 0.2) is 11.5 Å². The van der Waals surface area contributed by atoms with E-state index in [1.54, 1.807) is 19.2 Å². The molecule has 1 spiro atoms. The molecule has 27 heavy (non-hydrogen) atoms. The Morgan fingerprint density at radius 3 is 2.56 bits per heavy atom. The first-order chi connectivity index (χ1) is 12.4. The van der Waals surface area contributed by atoms with Crippen LogP contribution in [0.2, 0.25) is 5.02 Å². The normalized spacial score (nSPS) is 18.5. The Bertz CT molecular complexity index is 651. The van der Waals surface area contributed by atoms with Gasteiger partial charge in [-0.05, 0) is 49.3 Å². The number of hydrogen-bond donors (Lipinski definition) is 1. The van der Waals surface area contributed by atoms with Crippen molar-refractivity contribution >= 4 is 29.9 Å². The summed E-state index contributed by atoms with van der Waals surface area (Å²) in [6.45, 7) is 8.46. The van der Waals surface area contributed by atoms with Crippen molar-refractivity contribution in [3.05, 3.63) is 22.7 Å². The number of piperidine rings is 1. The van der Waals surface area contributed by atoms with Crippen LogP contribution in [-0.4, -0.2) is 50.7 Å². The fourth-order valence-corrected chi connectivity index (χ4v) is 4.09. The topological polar surface area (TPSA) is 50.8 Å². The average Bonchev–Trinajstić information content (AvgIpc) is 3.08. The molecule has 2 aliphatic heterocycles. The van der Waals surface area contributed by atoms with Crippen LogP contribution in [0, 0.1) is 11.3 Å². The smallest absolute Gasteiger partial charge is 0.254 e. The van der Waals surface area contributed by atoms with Crippen molar-refractivity contribution in [3.8, 4) is 11.5 Å². The molecule has 2 aliphatic rings. The largest absolute Gasteiger partial charge is 0.493 e. The highest BCUT2D eigenvalue weighted by atomic mass is 35.5. The molecule has 1 N–H and O–H groups in total. The summed E-state index contributed by atoms with van der Waals surface area (Å²) in [4.78, 5) is 14.9. The lowest BCUT2D eigenvalue weighted by Gasteiger charge is -2.39. The maximum atomic E-state index is 13.0. The predicted molar refractivity (Wildman–Crippen MR) is 111 cm³/mol. The molecule has 0 bridgehead atoms. The minimum Gasteiger partial charge on any atom is -0.493 e. The second-order valence-corrected chi connectivity index (χ2v) is 8.32. The second-order valence-electron chi connectivity index (χ2n) is 7.91. The highest BCUT2D eigenvalue weighted by molar-refractivity contribution is 6.32. The van der Waals surface area contributed by atoms with Crippen LogP contribution in [0.3, 0.4) is 0 Å². The zero-order valence-electron chi connectivity index (χ0n) is 16.3. The number of carbonyl (C=O) groups is 1. The minimum atomic E-state index is 0. The fraction of sp³-hybridized carbons (Fsp3) is 0.650. The Morgan fingerprint density at radius 2 is 2.00 bits per heavy atom. The number of likely N-dealkylation sites (tertiary alicyclic amines) is 1. The van der Waals surface area contributed by atoms with Gasteiger partial charge in [0.2, 0.25) is 0 Å². The van der Waals surface area contributed by atoms with E-state index in [1.165, 1.54) is 6.42 Å². The summed E-state index contributed by atoms with van der Waals surface area (Å²) >= 11 is 6.39. The molecular weight excluding hydrogens is 387 g/mol. The average molecular weight is 417 g/mol. The van der Waals surface area contributed by atoms with Gasteiger partial charge in [-0.2, -0.15) is 0 Å². The lowest BCUT2D eigenvalue weighted by Crippen LogP contribution is -2.44. The van der Waals surface area contributed by atoms with Crippen molar-refractivity contribution in [1.29, 1.82) is 0 Å². The van der Waals surface area contributed by atoms with Gasteiger partial charge in [-0.1, -0.05) is 25.4 Å². The van der Waals surface area contributed by atoms with Crippen LogP contribution >= 0.6 is 24.0 Å². The molecule has 0 atom stereocenters. The minimum absolute atomic E-state index is 0. The molecule has 0 aromatic heterocycles. The first-order valence-corrected chi connectivity index (χ1v) is 9.82. The standard InChI is InChI=1S/C20H29ClN2O3.ClH/c1-14(2)12-26-18-16(21)10-15(11-17(18)25-3)19(24)23-8-5-20(6-9-23)4-7-22-13-20;/h10-11,14,22H,4-9,12-13H2,1-3H3;1H. The van der Waals surface area contributed by atoms with Crippen LogP contribution in [0.15, 0.2) is 12.1 Å². The molecule has 0 unspecified atom stereocenters. The van der Waals surface area contributed by atoms with Gasteiger partial charge < -0.3 is 19.7 Å². The second kappa shape index (κ2) is 9.35. The fourth-order valence-electron chi connectivity index (χ4n) is 3.82. The summed E-state index contributed by atoms with van der Waals surface area (Å²) in [5, 5.41) is 3.87. The van der Waals surface area contributed by atoms with Crippen molar-refractivity contribution in [2.24, 2.45) is 11.3 Å².